The quantitative estimate of drug-likeness (QED) is 0.737. The summed E-state index contributed by atoms with van der Waals surface area (Å²) >= 11 is 0. The fraction of sp³-hybridized carbons (Fsp3) is 0.600. The molecule has 1 saturated heterocycles. The first-order valence-electron chi connectivity index (χ1n) is 9.96. The number of urea groups is 1. The molecule has 1 saturated carbocycles. The van der Waals surface area contributed by atoms with Gasteiger partial charge in [-0.05, 0) is 37.3 Å². The third kappa shape index (κ3) is 4.16. The van der Waals surface area contributed by atoms with Gasteiger partial charge in [0.25, 0.3) is 5.89 Å². The number of nitrogens with zero attached hydrogens (tertiary/aromatic N) is 4. The summed E-state index contributed by atoms with van der Waals surface area (Å²) in [4.78, 5) is 23.0. The Hall–Kier alpha value is -2.48. The molecule has 2 aliphatic rings. The third-order valence-electron chi connectivity index (χ3n) is 5.79. The summed E-state index contributed by atoms with van der Waals surface area (Å²) in [5, 5.41) is 7.26. The van der Waals surface area contributed by atoms with Crippen molar-refractivity contribution in [2.75, 3.05) is 33.4 Å². The molecule has 150 valence electrons. The molecule has 0 radical (unpaired) electrons. The van der Waals surface area contributed by atoms with E-state index in [1.54, 1.807) is 19.5 Å². The number of amides is 2. The van der Waals surface area contributed by atoms with Crippen LogP contribution >= 0.6 is 0 Å². The Bertz CT molecular complexity index is 782. The van der Waals surface area contributed by atoms with Crippen LogP contribution in [0.5, 0.6) is 0 Å². The number of rotatable bonds is 7. The molecule has 0 bridgehead atoms. The Kier molecular flexibility index (Phi) is 5.57. The summed E-state index contributed by atoms with van der Waals surface area (Å²) in [5.41, 5.74) is 0.768. The van der Waals surface area contributed by atoms with Gasteiger partial charge in [0.15, 0.2) is 5.82 Å². The second-order valence-electron chi connectivity index (χ2n) is 7.80. The van der Waals surface area contributed by atoms with Gasteiger partial charge in [0.1, 0.15) is 0 Å². The second-order valence-corrected chi connectivity index (χ2v) is 7.80. The zero-order valence-corrected chi connectivity index (χ0v) is 16.3. The maximum absolute atomic E-state index is 12.3. The maximum atomic E-state index is 12.3. The monoisotopic (exact) mass is 385 g/mol. The molecular weight excluding hydrogens is 358 g/mol. The van der Waals surface area contributed by atoms with Crippen molar-refractivity contribution >= 4 is 6.03 Å². The highest BCUT2D eigenvalue weighted by Crippen LogP contribution is 2.46. The number of carbonyl (C=O) groups excluding carboxylic acids is 1. The molecule has 8 heteroatoms. The number of hydrogen-bond donors (Lipinski definition) is 1. The average Bonchev–Trinajstić information content (AvgIpc) is 3.39. The van der Waals surface area contributed by atoms with Crippen molar-refractivity contribution in [2.24, 2.45) is 5.92 Å². The van der Waals surface area contributed by atoms with E-state index >= 15 is 0 Å². The van der Waals surface area contributed by atoms with E-state index in [1.165, 1.54) is 12.8 Å². The van der Waals surface area contributed by atoms with Crippen molar-refractivity contribution in [1.29, 1.82) is 0 Å². The van der Waals surface area contributed by atoms with E-state index in [2.05, 4.69) is 15.5 Å². The highest BCUT2D eigenvalue weighted by Gasteiger charge is 2.44. The van der Waals surface area contributed by atoms with Gasteiger partial charge in [0, 0.05) is 50.1 Å². The van der Waals surface area contributed by atoms with Gasteiger partial charge in [-0.25, -0.2) is 4.79 Å². The smallest absolute Gasteiger partial charge is 0.317 e. The number of aromatic nitrogens is 3. The topological polar surface area (TPSA) is 93.4 Å². The summed E-state index contributed by atoms with van der Waals surface area (Å²) < 4.78 is 10.6. The molecule has 2 fully saturated rings. The van der Waals surface area contributed by atoms with Crippen LogP contribution in [0.15, 0.2) is 29.0 Å². The van der Waals surface area contributed by atoms with E-state index in [1.807, 2.05) is 17.0 Å². The minimum Gasteiger partial charge on any atom is -0.383 e. The van der Waals surface area contributed by atoms with Crippen molar-refractivity contribution in [2.45, 2.75) is 37.5 Å². The minimum absolute atomic E-state index is 0.0253. The molecule has 1 N–H and O–H groups in total. The Balaban J connectivity index is 1.47. The lowest BCUT2D eigenvalue weighted by Crippen LogP contribution is -2.49. The molecule has 1 aliphatic heterocycles. The number of pyridine rings is 1. The van der Waals surface area contributed by atoms with Crippen LogP contribution in [0, 0.1) is 5.92 Å². The number of ether oxygens (including phenoxy) is 1. The normalized spacial score (nSPS) is 18.8. The third-order valence-corrected chi connectivity index (χ3v) is 5.79. The van der Waals surface area contributed by atoms with E-state index in [-0.39, 0.29) is 11.4 Å². The van der Waals surface area contributed by atoms with Gasteiger partial charge in [-0.15, -0.1) is 0 Å². The summed E-state index contributed by atoms with van der Waals surface area (Å²) in [5.74, 6) is 2.06. The molecule has 0 unspecified atom stereocenters. The zero-order chi connectivity index (χ0) is 19.4. The van der Waals surface area contributed by atoms with Crippen molar-refractivity contribution in [3.63, 3.8) is 0 Å². The highest BCUT2D eigenvalue weighted by molar-refractivity contribution is 5.74. The summed E-state index contributed by atoms with van der Waals surface area (Å²) in [6, 6.07) is 3.72. The van der Waals surface area contributed by atoms with Crippen molar-refractivity contribution < 1.29 is 14.1 Å². The van der Waals surface area contributed by atoms with E-state index in [0.717, 1.165) is 36.6 Å². The number of piperidine rings is 1. The number of likely N-dealkylation sites (tertiary alicyclic amines) is 1. The van der Waals surface area contributed by atoms with Crippen LogP contribution < -0.4 is 5.32 Å². The van der Waals surface area contributed by atoms with Gasteiger partial charge in [-0.1, -0.05) is 18.0 Å². The molecule has 4 rings (SSSR count). The van der Waals surface area contributed by atoms with Gasteiger partial charge in [0.05, 0.1) is 6.61 Å². The fourth-order valence-corrected chi connectivity index (χ4v) is 3.95. The van der Waals surface area contributed by atoms with E-state index in [4.69, 9.17) is 14.2 Å². The van der Waals surface area contributed by atoms with Crippen molar-refractivity contribution in [1.82, 2.24) is 25.3 Å². The summed E-state index contributed by atoms with van der Waals surface area (Å²) in [6.07, 6.45) is 8.78. The highest BCUT2D eigenvalue weighted by atomic mass is 16.5. The van der Waals surface area contributed by atoms with Crippen molar-refractivity contribution in [3.05, 3.63) is 30.4 Å². The molecular formula is C20H27N5O3. The molecule has 3 heterocycles. The average molecular weight is 385 g/mol. The molecule has 8 nitrogen and oxygen atoms in total. The molecule has 1 aliphatic carbocycles. The number of hydrogen-bond acceptors (Lipinski definition) is 6. The standard InChI is InChI=1S/C20H27N5O3/c1-27-13-10-22-19(26)25-11-6-20(7-12-25,14-15-2-3-15)18-23-17(28-24-18)16-4-8-21-9-5-16/h4-5,8-9,15H,2-3,6-7,10-14H2,1H3,(H,22,26). The molecule has 28 heavy (non-hydrogen) atoms. The van der Waals surface area contributed by atoms with Crippen molar-refractivity contribution in [3.8, 4) is 11.5 Å². The first-order valence-corrected chi connectivity index (χ1v) is 9.96. The Morgan fingerprint density at radius 3 is 2.75 bits per heavy atom. The van der Waals surface area contributed by atoms with E-state index in [9.17, 15) is 4.79 Å². The van der Waals surface area contributed by atoms with Crippen LogP contribution in [-0.4, -0.2) is 59.4 Å². The molecule has 2 aromatic rings. The first kappa shape index (κ1) is 18.9. The van der Waals surface area contributed by atoms with Crippen LogP contribution in [0.1, 0.15) is 37.9 Å². The molecule has 0 aromatic carbocycles. The SMILES string of the molecule is COCCNC(=O)N1CCC(CC2CC2)(c2noc(-c3ccncc3)n2)CC1. The predicted molar refractivity (Wildman–Crippen MR) is 103 cm³/mol. The van der Waals surface area contributed by atoms with Gasteiger partial charge in [0.2, 0.25) is 0 Å². The largest absolute Gasteiger partial charge is 0.383 e. The Morgan fingerprint density at radius 1 is 1.32 bits per heavy atom. The summed E-state index contributed by atoms with van der Waals surface area (Å²) in [7, 11) is 1.63. The minimum atomic E-state index is -0.112. The lowest BCUT2D eigenvalue weighted by molar-refractivity contribution is 0.140. The fourth-order valence-electron chi connectivity index (χ4n) is 3.95. The first-order chi connectivity index (χ1) is 13.7. The van der Waals surface area contributed by atoms with Gasteiger partial charge >= 0.3 is 6.03 Å². The lowest BCUT2D eigenvalue weighted by Gasteiger charge is -2.40. The number of carbonyl (C=O) groups is 1. The van der Waals surface area contributed by atoms with Crippen LogP contribution in [0.3, 0.4) is 0 Å². The summed E-state index contributed by atoms with van der Waals surface area (Å²) in [6.45, 7) is 2.44. The van der Waals surface area contributed by atoms with Crippen LogP contribution in [0.2, 0.25) is 0 Å². The number of nitrogens with one attached hydrogen (secondary N) is 1. The Labute approximate surface area is 164 Å². The lowest BCUT2D eigenvalue weighted by atomic mass is 9.73. The Morgan fingerprint density at radius 2 is 2.07 bits per heavy atom. The maximum Gasteiger partial charge on any atom is 0.317 e. The van der Waals surface area contributed by atoms with Crippen LogP contribution in [0.4, 0.5) is 4.79 Å². The molecule has 2 amide bonds. The molecule has 0 spiro atoms. The van der Waals surface area contributed by atoms with Gasteiger partial charge in [-0.3, -0.25) is 4.98 Å². The zero-order valence-electron chi connectivity index (χ0n) is 16.3. The molecule has 0 atom stereocenters. The van der Waals surface area contributed by atoms with Crippen LogP contribution in [-0.2, 0) is 10.2 Å². The predicted octanol–water partition coefficient (Wildman–Crippen LogP) is 2.62. The number of methoxy groups -OCH3 is 1. The molecule has 2 aromatic heterocycles. The van der Waals surface area contributed by atoms with E-state index < -0.39 is 0 Å². The van der Waals surface area contributed by atoms with Gasteiger partial charge in [-0.2, -0.15) is 4.98 Å². The second kappa shape index (κ2) is 8.26. The van der Waals surface area contributed by atoms with E-state index in [0.29, 0.717) is 32.1 Å². The van der Waals surface area contributed by atoms with Crippen LogP contribution in [0.25, 0.3) is 11.5 Å². The van der Waals surface area contributed by atoms with Gasteiger partial charge < -0.3 is 19.5 Å².